The third-order valence-electron chi connectivity index (χ3n) is 1.80. The van der Waals surface area contributed by atoms with Crippen molar-refractivity contribution in [3.8, 4) is 0 Å². The molecule has 2 heterocycles. The molecule has 0 amide bonds. The van der Waals surface area contributed by atoms with Crippen LogP contribution in [0.3, 0.4) is 0 Å². The maximum absolute atomic E-state index is 8.85. The van der Waals surface area contributed by atoms with E-state index >= 15 is 0 Å². The van der Waals surface area contributed by atoms with Crippen LogP contribution < -0.4 is 0 Å². The molecule has 0 bridgehead atoms. The smallest absolute Gasteiger partial charge is 0.112 e. The predicted molar refractivity (Wildman–Crippen MR) is 51.6 cm³/mol. The largest absolute Gasteiger partial charge is 0.392 e. The Kier molecular flexibility index (Phi) is 2.42. The van der Waals surface area contributed by atoms with Gasteiger partial charge in [-0.2, -0.15) is 0 Å². The molecule has 0 saturated heterocycles. The fourth-order valence-corrected chi connectivity index (χ4v) is 1.79. The van der Waals surface area contributed by atoms with Gasteiger partial charge in [0.25, 0.3) is 0 Å². The molecule has 0 saturated carbocycles. The standard InChI is InChI=1S/C9H10N2OS/c12-7-8-1-3-11(5-8)6-9-10-2-4-13-9/h1-5,12H,6-7H2. The lowest BCUT2D eigenvalue weighted by Gasteiger charge is -1.97. The number of aliphatic hydroxyl groups excluding tert-OH is 1. The van der Waals surface area contributed by atoms with E-state index in [4.69, 9.17) is 5.11 Å². The van der Waals surface area contributed by atoms with E-state index in [1.54, 1.807) is 17.5 Å². The summed E-state index contributed by atoms with van der Waals surface area (Å²) in [7, 11) is 0. The van der Waals surface area contributed by atoms with E-state index in [1.807, 2.05) is 28.4 Å². The highest BCUT2D eigenvalue weighted by Gasteiger charge is 1.98. The quantitative estimate of drug-likeness (QED) is 0.803. The molecule has 13 heavy (non-hydrogen) atoms. The first kappa shape index (κ1) is 8.47. The van der Waals surface area contributed by atoms with Crippen molar-refractivity contribution in [1.82, 2.24) is 9.55 Å². The normalized spacial score (nSPS) is 10.5. The molecular formula is C9H10N2OS. The van der Waals surface area contributed by atoms with Crippen molar-refractivity contribution in [1.29, 1.82) is 0 Å². The monoisotopic (exact) mass is 194 g/mol. The molecular weight excluding hydrogens is 184 g/mol. The van der Waals surface area contributed by atoms with Gasteiger partial charge in [0.1, 0.15) is 5.01 Å². The van der Waals surface area contributed by atoms with Crippen molar-refractivity contribution in [2.45, 2.75) is 13.2 Å². The highest BCUT2D eigenvalue weighted by Crippen LogP contribution is 2.08. The Labute approximate surface area is 80.3 Å². The summed E-state index contributed by atoms with van der Waals surface area (Å²) >= 11 is 1.64. The average Bonchev–Trinajstić information content (AvgIpc) is 2.76. The van der Waals surface area contributed by atoms with Gasteiger partial charge in [0, 0.05) is 24.0 Å². The molecule has 0 radical (unpaired) electrons. The first-order chi connectivity index (χ1) is 6.38. The van der Waals surface area contributed by atoms with Gasteiger partial charge in [-0.1, -0.05) is 0 Å². The minimum Gasteiger partial charge on any atom is -0.392 e. The molecule has 0 atom stereocenters. The van der Waals surface area contributed by atoms with Gasteiger partial charge < -0.3 is 9.67 Å². The van der Waals surface area contributed by atoms with Crippen LogP contribution in [0.15, 0.2) is 30.0 Å². The molecule has 0 aromatic carbocycles. The molecule has 0 fully saturated rings. The van der Waals surface area contributed by atoms with Crippen LogP contribution in [0.4, 0.5) is 0 Å². The molecule has 0 aliphatic rings. The van der Waals surface area contributed by atoms with Crippen molar-refractivity contribution in [2.24, 2.45) is 0 Å². The van der Waals surface area contributed by atoms with Gasteiger partial charge in [0.15, 0.2) is 0 Å². The molecule has 0 aliphatic carbocycles. The van der Waals surface area contributed by atoms with E-state index in [-0.39, 0.29) is 6.61 Å². The molecule has 68 valence electrons. The van der Waals surface area contributed by atoms with Gasteiger partial charge in [0.05, 0.1) is 13.2 Å². The predicted octanol–water partition coefficient (Wildman–Crippen LogP) is 1.49. The van der Waals surface area contributed by atoms with Gasteiger partial charge in [-0.05, 0) is 11.6 Å². The summed E-state index contributed by atoms with van der Waals surface area (Å²) in [6.07, 6.45) is 5.69. The Morgan fingerprint density at radius 1 is 1.54 bits per heavy atom. The van der Waals surface area contributed by atoms with E-state index in [0.717, 1.165) is 17.1 Å². The van der Waals surface area contributed by atoms with Crippen LogP contribution in [0.2, 0.25) is 0 Å². The Bertz CT molecular complexity index is 367. The first-order valence-corrected chi connectivity index (χ1v) is 4.90. The lowest BCUT2D eigenvalue weighted by atomic mass is 10.4. The van der Waals surface area contributed by atoms with Crippen molar-refractivity contribution >= 4 is 11.3 Å². The molecule has 4 heteroatoms. The minimum absolute atomic E-state index is 0.102. The Morgan fingerprint density at radius 3 is 3.08 bits per heavy atom. The number of rotatable bonds is 3. The van der Waals surface area contributed by atoms with Crippen molar-refractivity contribution < 1.29 is 5.11 Å². The topological polar surface area (TPSA) is 38.0 Å². The summed E-state index contributed by atoms with van der Waals surface area (Å²) in [5, 5.41) is 11.9. The summed E-state index contributed by atoms with van der Waals surface area (Å²) in [6.45, 7) is 0.891. The SMILES string of the molecule is OCc1ccn(Cc2nccs2)c1. The molecule has 3 nitrogen and oxygen atoms in total. The lowest BCUT2D eigenvalue weighted by molar-refractivity contribution is 0.282. The van der Waals surface area contributed by atoms with Crippen LogP contribution in [0.25, 0.3) is 0 Å². The van der Waals surface area contributed by atoms with Crippen LogP contribution >= 0.6 is 11.3 Å². The third-order valence-corrected chi connectivity index (χ3v) is 2.56. The van der Waals surface area contributed by atoms with Crippen LogP contribution in [0.5, 0.6) is 0 Å². The lowest BCUT2D eigenvalue weighted by Crippen LogP contribution is -1.94. The number of nitrogens with zero attached hydrogens (tertiary/aromatic N) is 2. The molecule has 0 unspecified atom stereocenters. The van der Waals surface area contributed by atoms with E-state index in [2.05, 4.69) is 4.98 Å². The Balaban J connectivity index is 2.10. The molecule has 0 spiro atoms. The van der Waals surface area contributed by atoms with Gasteiger partial charge in [-0.15, -0.1) is 11.3 Å². The zero-order valence-electron chi connectivity index (χ0n) is 7.05. The van der Waals surface area contributed by atoms with Gasteiger partial charge >= 0.3 is 0 Å². The van der Waals surface area contributed by atoms with Crippen LogP contribution in [0, 0.1) is 0 Å². The minimum atomic E-state index is 0.102. The second-order valence-electron chi connectivity index (χ2n) is 2.78. The number of hydrogen-bond acceptors (Lipinski definition) is 3. The van der Waals surface area contributed by atoms with Gasteiger partial charge in [-0.3, -0.25) is 0 Å². The number of aromatic nitrogens is 2. The highest BCUT2D eigenvalue weighted by molar-refractivity contribution is 7.09. The zero-order chi connectivity index (χ0) is 9.10. The van der Waals surface area contributed by atoms with E-state index in [0.29, 0.717) is 0 Å². The molecule has 2 aromatic heterocycles. The Morgan fingerprint density at radius 2 is 2.46 bits per heavy atom. The molecule has 1 N–H and O–H groups in total. The number of aliphatic hydroxyl groups is 1. The average molecular weight is 194 g/mol. The van der Waals surface area contributed by atoms with Gasteiger partial charge in [-0.25, -0.2) is 4.98 Å². The van der Waals surface area contributed by atoms with Crippen molar-refractivity contribution in [3.63, 3.8) is 0 Å². The second kappa shape index (κ2) is 3.72. The third kappa shape index (κ3) is 1.96. The maximum Gasteiger partial charge on any atom is 0.112 e. The fourth-order valence-electron chi connectivity index (χ4n) is 1.17. The maximum atomic E-state index is 8.85. The van der Waals surface area contributed by atoms with E-state index < -0.39 is 0 Å². The number of thiazole rings is 1. The fraction of sp³-hybridized carbons (Fsp3) is 0.222. The molecule has 0 aliphatic heterocycles. The van der Waals surface area contributed by atoms with E-state index in [9.17, 15) is 0 Å². The number of hydrogen-bond donors (Lipinski definition) is 1. The summed E-state index contributed by atoms with van der Waals surface area (Å²) in [4.78, 5) is 4.18. The summed E-state index contributed by atoms with van der Waals surface area (Å²) in [5.41, 5.74) is 0.941. The second-order valence-corrected chi connectivity index (χ2v) is 3.76. The summed E-state index contributed by atoms with van der Waals surface area (Å²) < 4.78 is 2.02. The van der Waals surface area contributed by atoms with E-state index in [1.165, 1.54) is 0 Å². The zero-order valence-corrected chi connectivity index (χ0v) is 7.87. The summed E-state index contributed by atoms with van der Waals surface area (Å²) in [5.74, 6) is 0. The van der Waals surface area contributed by atoms with Gasteiger partial charge in [0.2, 0.25) is 0 Å². The molecule has 2 rings (SSSR count). The van der Waals surface area contributed by atoms with Crippen molar-refractivity contribution in [3.05, 3.63) is 40.6 Å². The van der Waals surface area contributed by atoms with Crippen LogP contribution in [0.1, 0.15) is 10.6 Å². The highest BCUT2D eigenvalue weighted by atomic mass is 32.1. The van der Waals surface area contributed by atoms with Crippen LogP contribution in [-0.4, -0.2) is 14.7 Å². The molecule has 2 aromatic rings. The first-order valence-electron chi connectivity index (χ1n) is 4.02. The Hall–Kier alpha value is -1.13. The summed E-state index contributed by atoms with van der Waals surface area (Å²) in [6, 6.07) is 1.91. The van der Waals surface area contributed by atoms with Crippen LogP contribution in [-0.2, 0) is 13.2 Å². The van der Waals surface area contributed by atoms with Crippen molar-refractivity contribution in [2.75, 3.05) is 0 Å².